The zero-order valence-electron chi connectivity index (χ0n) is 45.5. The van der Waals surface area contributed by atoms with E-state index in [2.05, 4.69) is 42.5 Å². The maximum atomic E-state index is 14.4. The second kappa shape index (κ2) is 33.4. The minimum atomic E-state index is -1.30. The van der Waals surface area contributed by atoms with Crippen LogP contribution < -0.4 is 71.2 Å². The van der Waals surface area contributed by atoms with E-state index in [9.17, 15) is 48.3 Å². The fourth-order valence-corrected chi connectivity index (χ4v) is 8.10. The van der Waals surface area contributed by atoms with Gasteiger partial charge in [-0.2, -0.15) is 0 Å². The van der Waals surface area contributed by atoms with Gasteiger partial charge in [0, 0.05) is 12.8 Å². The van der Waals surface area contributed by atoms with Gasteiger partial charge in [0.05, 0.1) is 6.04 Å². The molecule has 76 heavy (non-hydrogen) atoms. The van der Waals surface area contributed by atoms with Gasteiger partial charge in [-0.3, -0.25) is 43.2 Å². The van der Waals surface area contributed by atoms with Gasteiger partial charge in [-0.05, 0) is 98.7 Å². The summed E-state index contributed by atoms with van der Waals surface area (Å²) in [5, 5.41) is 31.3. The molecule has 0 heterocycles. The minimum absolute atomic E-state index is 0.0150. The zero-order valence-corrected chi connectivity index (χ0v) is 45.5. The predicted molar refractivity (Wildman–Crippen MR) is 289 cm³/mol. The fraction of sp³-hybridized carbons (Fsp3) is 0.604. The van der Waals surface area contributed by atoms with Crippen molar-refractivity contribution in [3.63, 3.8) is 0 Å². The summed E-state index contributed by atoms with van der Waals surface area (Å²) in [6.45, 7) is 14.3. The molecule has 2 aromatic carbocycles. The number of aromatic hydroxyl groups is 1. The van der Waals surface area contributed by atoms with Gasteiger partial charge in [-0.25, -0.2) is 0 Å². The van der Waals surface area contributed by atoms with Crippen LogP contribution in [0, 0.1) is 23.7 Å². The van der Waals surface area contributed by atoms with Crippen molar-refractivity contribution in [1.29, 1.82) is 0 Å². The van der Waals surface area contributed by atoms with Crippen molar-refractivity contribution < 1.29 is 48.3 Å². The predicted octanol–water partition coefficient (Wildman–Crippen LogP) is -1.29. The normalized spacial score (nSPS) is 15.3. The molecule has 0 unspecified atom stereocenters. The van der Waals surface area contributed by atoms with Crippen molar-refractivity contribution in [1.82, 2.24) is 42.5 Å². The number of primary amides is 1. The highest BCUT2D eigenvalue weighted by Gasteiger charge is 2.36. The van der Waals surface area contributed by atoms with E-state index in [1.165, 1.54) is 12.1 Å². The van der Waals surface area contributed by atoms with Gasteiger partial charge in [0.25, 0.3) is 0 Å². The van der Waals surface area contributed by atoms with Gasteiger partial charge in [-0.15, -0.1) is 0 Å². The van der Waals surface area contributed by atoms with E-state index >= 15 is 0 Å². The number of nitrogens with two attached hydrogens (primary N) is 5. The molecule has 0 aliphatic rings. The average Bonchev–Trinajstić information content (AvgIpc) is 3.35. The summed E-state index contributed by atoms with van der Waals surface area (Å²) in [5.74, 6) is -7.69. The van der Waals surface area contributed by atoms with Crippen LogP contribution in [0.5, 0.6) is 5.75 Å². The first-order valence-electron chi connectivity index (χ1n) is 26.3. The standard InChI is InChI=1S/C53H87N13O10/c1-9-32(8)44(66-46(69)36(57)19-22-54)53(76)60-37(20-23-55)47(70)63-42(28-33-13-11-10-12-14-33)51(74)62-40(25-29(2)3)49(72)59-38(21-24-56)48(71)65-43(31(6)7)52(75)64-41(26-30(4)5)50(73)61-39(45(58)68)27-34-15-17-35(67)18-16-34/h10-18,29-32,36-44,67H,9,19-28,54-57H2,1-8H3,(H2,58,68)(H,59,72)(H,60,76)(H,61,73)(H,62,74)(H,63,70)(H,64,75)(H,65,71)(H,66,69)/t32-,36-,37-,38-,39-,40-,41-,42+,43+,44-/m0/s1. The van der Waals surface area contributed by atoms with Gasteiger partial charge >= 0.3 is 0 Å². The molecule has 2 rings (SSSR count). The van der Waals surface area contributed by atoms with Gasteiger partial charge in [0.2, 0.25) is 53.2 Å². The van der Waals surface area contributed by atoms with Crippen LogP contribution in [0.25, 0.3) is 0 Å². The Bertz CT molecular complexity index is 2200. The van der Waals surface area contributed by atoms with Crippen LogP contribution in [0.3, 0.4) is 0 Å². The van der Waals surface area contributed by atoms with E-state index in [4.69, 9.17) is 28.7 Å². The molecule has 0 fully saturated rings. The zero-order chi connectivity index (χ0) is 57.2. The van der Waals surface area contributed by atoms with E-state index in [-0.39, 0.29) is 88.1 Å². The molecule has 424 valence electrons. The molecule has 23 nitrogen and oxygen atoms in total. The molecular formula is C53H87N13O10. The molecule has 0 aliphatic heterocycles. The number of carbonyl (C=O) groups is 9. The lowest BCUT2D eigenvalue weighted by molar-refractivity contribution is -0.136. The average molecular weight is 1070 g/mol. The van der Waals surface area contributed by atoms with Crippen molar-refractivity contribution in [3.8, 4) is 5.75 Å². The lowest BCUT2D eigenvalue weighted by atomic mass is 9.97. The van der Waals surface area contributed by atoms with Crippen molar-refractivity contribution in [2.75, 3.05) is 19.6 Å². The maximum Gasteiger partial charge on any atom is 0.243 e. The lowest BCUT2D eigenvalue weighted by Gasteiger charge is -2.30. The second-order valence-electron chi connectivity index (χ2n) is 20.5. The van der Waals surface area contributed by atoms with Crippen LogP contribution in [-0.2, 0) is 56.0 Å². The summed E-state index contributed by atoms with van der Waals surface area (Å²) in [6.07, 6.45) is 0.779. The third kappa shape index (κ3) is 22.7. The Balaban J connectivity index is 2.37. The Kier molecular flexibility index (Phi) is 28.7. The molecule has 0 aromatic heterocycles. The van der Waals surface area contributed by atoms with Crippen LogP contribution in [0.15, 0.2) is 54.6 Å². The summed E-state index contributed by atoms with van der Waals surface area (Å²) < 4.78 is 0. The number of carbonyl (C=O) groups excluding carboxylic acids is 9. The molecule has 2 aromatic rings. The summed E-state index contributed by atoms with van der Waals surface area (Å²) in [4.78, 5) is 124. The Morgan fingerprint density at radius 1 is 0.461 bits per heavy atom. The summed E-state index contributed by atoms with van der Waals surface area (Å²) in [7, 11) is 0. The third-order valence-electron chi connectivity index (χ3n) is 12.7. The first kappa shape index (κ1) is 65.4. The minimum Gasteiger partial charge on any atom is -0.508 e. The molecule has 23 heteroatoms. The fourth-order valence-electron chi connectivity index (χ4n) is 8.10. The number of amides is 9. The van der Waals surface area contributed by atoms with Gasteiger partial charge in [-0.1, -0.05) is 104 Å². The van der Waals surface area contributed by atoms with Crippen molar-refractivity contribution in [2.45, 2.75) is 161 Å². The molecule has 0 aliphatic carbocycles. The number of phenolic OH excluding ortho intramolecular Hbond substituents is 1. The number of hydrogen-bond acceptors (Lipinski definition) is 14. The number of nitrogens with one attached hydrogen (secondary N) is 8. The SMILES string of the molecule is CC[C@H](C)[C@H](NC(=O)[C@@H](N)CCN)C(=O)N[C@@H](CCN)C(=O)N[C@H](Cc1ccccc1)C(=O)N[C@@H](CC(C)C)C(=O)N[C@@H](CCN)C(=O)N[C@@H](C(=O)N[C@@H](CC(C)C)C(=O)N[C@@H](Cc1ccc(O)cc1)C(N)=O)C(C)C. The van der Waals surface area contributed by atoms with E-state index in [1.54, 1.807) is 63.2 Å². The molecule has 0 saturated carbocycles. The quantitative estimate of drug-likeness (QED) is 0.0388. The summed E-state index contributed by atoms with van der Waals surface area (Å²) >= 11 is 0. The van der Waals surface area contributed by atoms with Crippen molar-refractivity contribution >= 4 is 53.2 Å². The largest absolute Gasteiger partial charge is 0.508 e. The van der Waals surface area contributed by atoms with Crippen molar-refractivity contribution in [2.24, 2.45) is 52.3 Å². The maximum absolute atomic E-state index is 14.4. The highest BCUT2D eigenvalue weighted by molar-refractivity contribution is 5.98. The molecule has 0 radical (unpaired) electrons. The highest BCUT2D eigenvalue weighted by Crippen LogP contribution is 2.15. The third-order valence-corrected chi connectivity index (χ3v) is 12.7. The van der Waals surface area contributed by atoms with E-state index in [0.29, 0.717) is 17.5 Å². The molecular weight excluding hydrogens is 979 g/mol. The van der Waals surface area contributed by atoms with E-state index in [0.717, 1.165) is 0 Å². The molecule has 0 saturated heterocycles. The lowest BCUT2D eigenvalue weighted by Crippen LogP contribution is -2.61. The summed E-state index contributed by atoms with van der Waals surface area (Å²) in [5.41, 5.74) is 30.3. The Morgan fingerprint density at radius 3 is 1.32 bits per heavy atom. The van der Waals surface area contributed by atoms with E-state index in [1.807, 2.05) is 34.6 Å². The van der Waals surface area contributed by atoms with Crippen LogP contribution in [0.1, 0.15) is 105 Å². The highest BCUT2D eigenvalue weighted by atomic mass is 16.3. The van der Waals surface area contributed by atoms with Crippen LogP contribution in [0.4, 0.5) is 0 Å². The van der Waals surface area contributed by atoms with Gasteiger partial charge in [0.1, 0.15) is 54.1 Å². The molecule has 0 spiro atoms. The summed E-state index contributed by atoms with van der Waals surface area (Å²) in [6, 6.07) is 4.14. The molecule has 0 bridgehead atoms. The molecule has 9 amide bonds. The number of hydrogen-bond donors (Lipinski definition) is 14. The topological polar surface area (TPSA) is 400 Å². The van der Waals surface area contributed by atoms with Crippen molar-refractivity contribution in [3.05, 3.63) is 65.7 Å². The molecule has 10 atom stereocenters. The second-order valence-corrected chi connectivity index (χ2v) is 20.5. The van der Waals surface area contributed by atoms with Gasteiger partial charge < -0.3 is 76.3 Å². The smallest absolute Gasteiger partial charge is 0.243 e. The Labute approximate surface area is 447 Å². The first-order chi connectivity index (χ1) is 35.8. The Morgan fingerprint density at radius 2 is 0.842 bits per heavy atom. The first-order valence-corrected chi connectivity index (χ1v) is 26.3. The number of phenols is 1. The van der Waals surface area contributed by atoms with E-state index < -0.39 is 113 Å². The van der Waals surface area contributed by atoms with Crippen LogP contribution >= 0.6 is 0 Å². The molecule has 19 N–H and O–H groups in total. The monoisotopic (exact) mass is 1070 g/mol. The Hall–Kier alpha value is -6.69. The number of benzene rings is 2. The number of rotatable bonds is 34. The van der Waals surface area contributed by atoms with Crippen LogP contribution in [-0.4, -0.2) is 132 Å². The van der Waals surface area contributed by atoms with Crippen LogP contribution in [0.2, 0.25) is 0 Å². The van der Waals surface area contributed by atoms with Gasteiger partial charge in [0.15, 0.2) is 0 Å².